The average molecular weight is 620 g/mol. The van der Waals surface area contributed by atoms with E-state index in [4.69, 9.17) is 14.2 Å². The Balaban J connectivity index is 0. The van der Waals surface area contributed by atoms with Gasteiger partial charge in [-0.1, -0.05) is 5.21 Å². The maximum atomic E-state index is 11.5. The Bertz CT molecular complexity index is 904. The summed E-state index contributed by atoms with van der Waals surface area (Å²) in [6.07, 6.45) is 2.15. The molecule has 0 N–H and O–H groups in total. The minimum Gasteiger partial charge on any atom is -0.756 e. The summed E-state index contributed by atoms with van der Waals surface area (Å²) < 4.78 is 46.0. The van der Waals surface area contributed by atoms with Crippen molar-refractivity contribution in [2.75, 3.05) is 46.8 Å². The molecule has 0 aliphatic heterocycles. The molecule has 0 aliphatic carbocycles. The number of ether oxygens (including phenoxy) is 5. The Labute approximate surface area is 261 Å². The third-order valence-electron chi connectivity index (χ3n) is 4.51. The number of Topliss-reactive ketones (excluding diaryl/α,β-unsaturated/α-hetero) is 1. The zero-order chi connectivity index (χ0) is 30.2. The zero-order valence-electron chi connectivity index (χ0n) is 24.3. The summed E-state index contributed by atoms with van der Waals surface area (Å²) >= 11 is 0. The first-order valence-corrected chi connectivity index (χ1v) is 13.9. The van der Waals surface area contributed by atoms with Gasteiger partial charge in [0.15, 0.2) is 6.10 Å². The Morgan fingerprint density at radius 3 is 2.34 bits per heavy atom. The van der Waals surface area contributed by atoms with Gasteiger partial charge in [0, 0.05) is 32.6 Å². The van der Waals surface area contributed by atoms with Crippen molar-refractivity contribution in [3.05, 3.63) is 11.9 Å². The average Bonchev–Trinajstić information content (AvgIpc) is 3.39. The van der Waals surface area contributed by atoms with Crippen LogP contribution < -0.4 is 34.5 Å². The smallest absolute Gasteiger partial charge is 0.756 e. The van der Waals surface area contributed by atoms with E-state index in [1.807, 2.05) is 13.8 Å². The second-order valence-electron chi connectivity index (χ2n) is 8.32. The quantitative estimate of drug-likeness (QED) is 0.0322. The third-order valence-corrected chi connectivity index (χ3v) is 5.47. The van der Waals surface area contributed by atoms with Gasteiger partial charge in [-0.25, -0.2) is 4.68 Å². The Morgan fingerprint density at radius 2 is 1.76 bits per heavy atom. The van der Waals surface area contributed by atoms with Crippen molar-refractivity contribution in [2.24, 2.45) is 0 Å². The molecule has 1 aromatic heterocycles. The maximum Gasteiger partial charge on any atom is 1.00 e. The third kappa shape index (κ3) is 24.5. The van der Waals surface area contributed by atoms with Gasteiger partial charge in [-0.15, -0.1) is 5.10 Å². The molecular formula is C23H39N3NaO13P. The van der Waals surface area contributed by atoms with Gasteiger partial charge in [0.2, 0.25) is 0 Å². The largest absolute Gasteiger partial charge is 1.00 e. The predicted molar refractivity (Wildman–Crippen MR) is 135 cm³/mol. The molecule has 41 heavy (non-hydrogen) atoms. The van der Waals surface area contributed by atoms with Crippen molar-refractivity contribution in [1.82, 2.24) is 15.0 Å². The fourth-order valence-electron chi connectivity index (χ4n) is 2.48. The van der Waals surface area contributed by atoms with Crippen molar-refractivity contribution in [3.8, 4) is 0 Å². The van der Waals surface area contributed by atoms with E-state index < -0.39 is 20.5 Å². The van der Waals surface area contributed by atoms with Crippen LogP contribution in [0.4, 0.5) is 0 Å². The van der Waals surface area contributed by atoms with Gasteiger partial charge in [0.25, 0.3) is 20.8 Å². The van der Waals surface area contributed by atoms with Gasteiger partial charge < -0.3 is 42.4 Å². The number of carbonyl (C=O) groups excluding carboxylic acids is 4. The monoisotopic (exact) mass is 619 g/mol. The van der Waals surface area contributed by atoms with E-state index in [-0.39, 0.29) is 93.0 Å². The Kier molecular flexibility index (Phi) is 26.2. The van der Waals surface area contributed by atoms with Gasteiger partial charge in [0.05, 0.1) is 32.6 Å². The summed E-state index contributed by atoms with van der Waals surface area (Å²) in [5.74, 6) is -0.333. The molecule has 0 aliphatic rings. The van der Waals surface area contributed by atoms with Crippen LogP contribution in [0.15, 0.2) is 6.20 Å². The second-order valence-corrected chi connectivity index (χ2v) is 9.73. The first-order chi connectivity index (χ1) is 19.0. The number of phosphoric acid groups is 1. The Hall–Kier alpha value is -1.75. The van der Waals surface area contributed by atoms with Crippen LogP contribution >= 0.6 is 7.82 Å². The molecule has 1 aromatic rings. The number of hydrogen-bond donors (Lipinski definition) is 0. The minimum atomic E-state index is -4.56. The minimum absolute atomic E-state index is 0. The molecular weight excluding hydrogens is 580 g/mol. The number of carbonyl (C=O) groups is 4. The number of esters is 1. The van der Waals surface area contributed by atoms with Crippen LogP contribution in [0.3, 0.4) is 0 Å². The van der Waals surface area contributed by atoms with E-state index in [1.54, 1.807) is 18.0 Å². The molecule has 0 amide bonds. The topological polar surface area (TPSA) is 204 Å². The molecule has 16 nitrogen and oxygen atoms in total. The summed E-state index contributed by atoms with van der Waals surface area (Å²) in [5, 5.41) is 7.88. The second kappa shape index (κ2) is 25.9. The normalized spacial score (nSPS) is 12.6. The van der Waals surface area contributed by atoms with Crippen molar-refractivity contribution in [2.45, 2.75) is 65.2 Å². The van der Waals surface area contributed by atoms with Crippen molar-refractivity contribution >= 4 is 32.5 Å². The standard InChI is InChI=1S/C13H23N3O4.C10H17O9P.Na/c1-11(2)16-9-12(14-15-16)10-20-13(17)5-4-6-19-8-7-18-3;1-9(13)3-2-4-18-20(14,15)19-6-10(17-8-12)5-16-7-11;/h9,11H,4-8,10H2,1-3H3;7-8,10H,2-6H2,1H3,(H,14,15);/q;;+1/p-1. The van der Waals surface area contributed by atoms with Crippen LogP contribution in [0.25, 0.3) is 0 Å². The molecule has 1 heterocycles. The number of ketones is 1. The van der Waals surface area contributed by atoms with Gasteiger partial charge >= 0.3 is 35.5 Å². The molecule has 0 aromatic carbocycles. The molecule has 2 unspecified atom stereocenters. The number of aromatic nitrogens is 3. The molecule has 0 bridgehead atoms. The molecule has 0 saturated heterocycles. The van der Waals surface area contributed by atoms with Crippen molar-refractivity contribution in [1.29, 1.82) is 0 Å². The van der Waals surface area contributed by atoms with Crippen molar-refractivity contribution in [3.63, 3.8) is 0 Å². The van der Waals surface area contributed by atoms with E-state index >= 15 is 0 Å². The SMILES string of the molecule is CC(=O)CCCOP(=O)([O-])OCC(COC=O)OC=O.COCCOCCCC(=O)OCc1cn(C(C)C)nn1.[Na+]. The van der Waals surface area contributed by atoms with E-state index in [1.165, 1.54) is 6.92 Å². The van der Waals surface area contributed by atoms with Crippen LogP contribution in [0.1, 0.15) is 58.2 Å². The molecule has 0 radical (unpaired) electrons. The molecule has 1 rings (SSSR count). The van der Waals surface area contributed by atoms with E-state index in [9.17, 15) is 28.6 Å². The summed E-state index contributed by atoms with van der Waals surface area (Å²) in [6.45, 7) is 6.32. The van der Waals surface area contributed by atoms with Crippen LogP contribution in [0, 0.1) is 0 Å². The molecule has 0 saturated carbocycles. The molecule has 0 spiro atoms. The summed E-state index contributed by atoms with van der Waals surface area (Å²) in [6, 6.07) is 0.246. The van der Waals surface area contributed by atoms with Crippen LogP contribution in [0.2, 0.25) is 0 Å². The molecule has 0 fully saturated rings. The summed E-state index contributed by atoms with van der Waals surface area (Å²) in [7, 11) is -2.94. The van der Waals surface area contributed by atoms with E-state index in [2.05, 4.69) is 28.8 Å². The number of nitrogens with zero attached hydrogens (tertiary/aromatic N) is 3. The number of rotatable bonds is 23. The van der Waals surface area contributed by atoms with E-state index in [0.29, 0.717) is 38.4 Å². The summed E-state index contributed by atoms with van der Waals surface area (Å²) in [5.41, 5.74) is 0.656. The van der Waals surface area contributed by atoms with Crippen LogP contribution in [-0.4, -0.2) is 92.5 Å². The maximum absolute atomic E-state index is 11.5. The van der Waals surface area contributed by atoms with Gasteiger partial charge in [0.1, 0.15) is 24.7 Å². The molecule has 18 heteroatoms. The fourth-order valence-corrected chi connectivity index (χ4v) is 3.26. The van der Waals surface area contributed by atoms with Gasteiger partial charge in [-0.05, 0) is 33.6 Å². The van der Waals surface area contributed by atoms with E-state index in [0.717, 1.165) is 0 Å². The first-order valence-electron chi connectivity index (χ1n) is 12.4. The van der Waals surface area contributed by atoms with Gasteiger partial charge in [-0.2, -0.15) is 0 Å². The number of hydrogen-bond acceptors (Lipinski definition) is 15. The summed E-state index contributed by atoms with van der Waals surface area (Å²) in [4.78, 5) is 53.5. The van der Waals surface area contributed by atoms with Crippen LogP contribution in [-0.2, 0) is 63.1 Å². The van der Waals surface area contributed by atoms with Gasteiger partial charge in [-0.3, -0.25) is 18.9 Å². The Morgan fingerprint density at radius 1 is 1.05 bits per heavy atom. The van der Waals surface area contributed by atoms with Crippen LogP contribution in [0.5, 0.6) is 0 Å². The van der Waals surface area contributed by atoms with Crippen molar-refractivity contribution < 1.29 is 90.9 Å². The first kappa shape index (κ1) is 41.4. The molecule has 2 atom stereocenters. The predicted octanol–water partition coefficient (Wildman–Crippen LogP) is -2.08. The number of phosphoric ester groups is 1. The molecule has 230 valence electrons. The fraction of sp³-hybridized carbons (Fsp3) is 0.739. The zero-order valence-corrected chi connectivity index (χ0v) is 27.2. The number of methoxy groups -OCH3 is 1.